The average molecular weight is 328 g/mol. The summed E-state index contributed by atoms with van der Waals surface area (Å²) in [6.45, 7) is 16.5. The van der Waals surface area contributed by atoms with Crippen molar-refractivity contribution in [3.8, 4) is 0 Å². The maximum absolute atomic E-state index is 10.2. The molecule has 2 heteroatoms. The summed E-state index contributed by atoms with van der Waals surface area (Å²) in [6.07, 6.45) is 0. The van der Waals surface area contributed by atoms with E-state index in [0.29, 0.717) is 6.54 Å². The van der Waals surface area contributed by atoms with Crippen molar-refractivity contribution >= 4 is 21.8 Å². The van der Waals surface area contributed by atoms with Crippen molar-refractivity contribution in [3.05, 3.63) is 47.5 Å². The number of aliphatic hydroxyl groups is 1. The third-order valence-corrected chi connectivity index (χ3v) is 3.72. The van der Waals surface area contributed by atoms with Crippen LogP contribution in [0.1, 0.15) is 52.7 Å². The molecular weight excluding hydrogens is 294 g/mol. The van der Waals surface area contributed by atoms with Crippen LogP contribution in [0.15, 0.2) is 36.4 Å². The Bertz CT molecular complexity index is 732. The van der Waals surface area contributed by atoms with Crippen molar-refractivity contribution in [3.63, 3.8) is 0 Å². The summed E-state index contributed by atoms with van der Waals surface area (Å²) in [5.74, 6) is 0. The van der Waals surface area contributed by atoms with Crippen LogP contribution >= 0.6 is 0 Å². The van der Waals surface area contributed by atoms with E-state index in [1.54, 1.807) is 0 Å². The van der Waals surface area contributed by atoms with Gasteiger partial charge in [0, 0.05) is 21.8 Å². The van der Waals surface area contributed by atoms with Gasteiger partial charge in [-0.25, -0.2) is 0 Å². The number of nitrogens with zero attached hydrogens (tertiary/aromatic N) is 1. The molecule has 0 atom stereocenters. The van der Waals surface area contributed by atoms with Gasteiger partial charge in [0.05, 0.1) is 12.1 Å². The van der Waals surface area contributed by atoms with Crippen LogP contribution in [0.25, 0.3) is 21.8 Å². The molecule has 24 heavy (non-hydrogen) atoms. The summed E-state index contributed by atoms with van der Waals surface area (Å²) in [4.78, 5) is 0. The molecule has 3 aromatic rings. The molecule has 0 amide bonds. The minimum Gasteiger partial charge on any atom is -0.389 e. The number of rotatable bonds is 2. The molecule has 1 N–H and O–H groups in total. The van der Waals surface area contributed by atoms with Crippen LogP contribution in [0.3, 0.4) is 0 Å². The molecule has 0 radical (unpaired) electrons. The lowest BCUT2D eigenvalue weighted by Gasteiger charge is -2.19. The van der Waals surface area contributed by atoms with Gasteiger partial charge in [-0.2, -0.15) is 0 Å². The van der Waals surface area contributed by atoms with Gasteiger partial charge in [-0.1, -0.05) is 51.0 Å². The Labute approximate surface area is 147 Å². The number of hydrogen-bond acceptors (Lipinski definition) is 1. The highest BCUT2D eigenvalue weighted by atomic mass is 16.3. The van der Waals surface area contributed by atoms with Crippen molar-refractivity contribution < 1.29 is 5.11 Å². The monoisotopic (exact) mass is 327 g/mol. The molecule has 0 spiro atoms. The van der Waals surface area contributed by atoms with Crippen molar-refractivity contribution in [2.24, 2.45) is 0 Å². The quantitative estimate of drug-likeness (QED) is 0.592. The second kappa shape index (κ2) is 8.34. The van der Waals surface area contributed by atoms with Crippen LogP contribution in [0.4, 0.5) is 0 Å². The molecule has 0 saturated carbocycles. The maximum Gasteiger partial charge on any atom is 0.0770 e. The van der Waals surface area contributed by atoms with E-state index in [4.69, 9.17) is 0 Å². The van der Waals surface area contributed by atoms with Gasteiger partial charge in [0.25, 0.3) is 0 Å². The van der Waals surface area contributed by atoms with Gasteiger partial charge in [-0.3, -0.25) is 0 Å². The summed E-state index contributed by atoms with van der Waals surface area (Å²) in [7, 11) is 0. The second-order valence-corrected chi connectivity index (χ2v) is 6.44. The lowest BCUT2D eigenvalue weighted by Crippen LogP contribution is -2.25. The maximum atomic E-state index is 10.2. The molecule has 0 aliphatic rings. The Hall–Kier alpha value is -1.80. The lowest BCUT2D eigenvalue weighted by molar-refractivity contribution is 0.0640. The Morgan fingerprint density at radius 3 is 1.50 bits per heavy atom. The van der Waals surface area contributed by atoms with Gasteiger partial charge < -0.3 is 9.67 Å². The van der Waals surface area contributed by atoms with Crippen LogP contribution in [-0.2, 0) is 6.54 Å². The van der Waals surface area contributed by atoms with Crippen LogP contribution in [0, 0.1) is 13.8 Å². The first-order chi connectivity index (χ1) is 11.3. The number of benzene rings is 2. The first kappa shape index (κ1) is 20.2. The molecule has 132 valence electrons. The van der Waals surface area contributed by atoms with Crippen molar-refractivity contribution in [1.29, 1.82) is 0 Å². The fourth-order valence-electron chi connectivity index (χ4n) is 2.89. The zero-order valence-electron chi connectivity index (χ0n) is 16.6. The molecule has 3 rings (SSSR count). The SMILES string of the molecule is CC.CC.Cc1ccc2c(c1)c1cc(C)ccc1n2CC(C)(C)O. The normalized spacial score (nSPS) is 10.9. The van der Waals surface area contributed by atoms with Gasteiger partial charge in [-0.05, 0) is 52.0 Å². The Morgan fingerprint density at radius 1 is 0.792 bits per heavy atom. The highest BCUT2D eigenvalue weighted by molar-refractivity contribution is 6.08. The van der Waals surface area contributed by atoms with Gasteiger partial charge in [0.15, 0.2) is 0 Å². The van der Waals surface area contributed by atoms with Gasteiger partial charge in [-0.15, -0.1) is 0 Å². The molecule has 2 aromatic carbocycles. The molecule has 0 fully saturated rings. The number of fused-ring (bicyclic) bond motifs is 3. The molecule has 0 unspecified atom stereocenters. The molecule has 0 bridgehead atoms. The van der Waals surface area contributed by atoms with E-state index in [2.05, 4.69) is 54.8 Å². The van der Waals surface area contributed by atoms with Crippen molar-refractivity contribution in [1.82, 2.24) is 4.57 Å². The third kappa shape index (κ3) is 4.39. The van der Waals surface area contributed by atoms with Crippen LogP contribution < -0.4 is 0 Å². The first-order valence-corrected chi connectivity index (χ1v) is 9.07. The smallest absolute Gasteiger partial charge is 0.0770 e. The van der Waals surface area contributed by atoms with E-state index in [9.17, 15) is 5.11 Å². The highest BCUT2D eigenvalue weighted by Gasteiger charge is 2.18. The van der Waals surface area contributed by atoms with Gasteiger partial charge in [0.2, 0.25) is 0 Å². The second-order valence-electron chi connectivity index (χ2n) is 6.44. The van der Waals surface area contributed by atoms with E-state index >= 15 is 0 Å². The topological polar surface area (TPSA) is 25.2 Å². The molecule has 2 nitrogen and oxygen atoms in total. The summed E-state index contributed by atoms with van der Waals surface area (Å²) >= 11 is 0. The van der Waals surface area contributed by atoms with E-state index in [1.807, 2.05) is 41.5 Å². The number of aryl methyl sites for hydroxylation is 2. The molecule has 1 heterocycles. The fraction of sp³-hybridized carbons (Fsp3) is 0.455. The summed E-state index contributed by atoms with van der Waals surface area (Å²) in [5, 5.41) is 12.7. The Kier molecular flexibility index (Phi) is 7.04. The zero-order chi connectivity index (χ0) is 18.5. The first-order valence-electron chi connectivity index (χ1n) is 9.07. The summed E-state index contributed by atoms with van der Waals surface area (Å²) in [5.41, 5.74) is 4.19. The molecule has 0 saturated heterocycles. The molecule has 0 aliphatic heterocycles. The van der Waals surface area contributed by atoms with Gasteiger partial charge >= 0.3 is 0 Å². The largest absolute Gasteiger partial charge is 0.389 e. The number of aromatic nitrogens is 1. The predicted molar refractivity (Wildman–Crippen MR) is 108 cm³/mol. The van der Waals surface area contributed by atoms with Crippen molar-refractivity contribution in [2.45, 2.75) is 67.5 Å². The van der Waals surface area contributed by atoms with Crippen LogP contribution in [-0.4, -0.2) is 15.3 Å². The highest BCUT2D eigenvalue weighted by Crippen LogP contribution is 2.31. The molecular formula is C22H33NO. The van der Waals surface area contributed by atoms with E-state index in [0.717, 1.165) is 0 Å². The van der Waals surface area contributed by atoms with E-state index in [1.165, 1.54) is 32.9 Å². The van der Waals surface area contributed by atoms with Crippen LogP contribution in [0.5, 0.6) is 0 Å². The van der Waals surface area contributed by atoms with Crippen molar-refractivity contribution in [2.75, 3.05) is 0 Å². The Balaban J connectivity index is 0.000000671. The van der Waals surface area contributed by atoms with E-state index in [-0.39, 0.29) is 0 Å². The lowest BCUT2D eigenvalue weighted by atomic mass is 10.1. The molecule has 1 aromatic heterocycles. The third-order valence-electron chi connectivity index (χ3n) is 3.72. The summed E-state index contributed by atoms with van der Waals surface area (Å²) < 4.78 is 2.23. The van der Waals surface area contributed by atoms with E-state index < -0.39 is 5.60 Å². The predicted octanol–water partition coefficient (Wildman–Crippen LogP) is 6.23. The molecule has 0 aliphatic carbocycles. The minimum atomic E-state index is -0.728. The minimum absolute atomic E-state index is 0.596. The van der Waals surface area contributed by atoms with Gasteiger partial charge in [0.1, 0.15) is 0 Å². The van der Waals surface area contributed by atoms with Crippen LogP contribution in [0.2, 0.25) is 0 Å². The Morgan fingerprint density at radius 2 is 1.17 bits per heavy atom. The fourth-order valence-corrected chi connectivity index (χ4v) is 2.89. The standard InChI is InChI=1S/C18H21NO.2C2H6/c1-12-5-7-16-14(9-12)15-10-13(2)6-8-17(15)19(16)11-18(3,4)20;2*1-2/h5-10,20H,11H2,1-4H3;2*1-2H3. The average Bonchev–Trinajstić information content (AvgIpc) is 2.82. The summed E-state index contributed by atoms with van der Waals surface area (Å²) in [6, 6.07) is 13.1. The number of hydrogen-bond donors (Lipinski definition) is 1. The zero-order valence-corrected chi connectivity index (χ0v) is 16.6.